The summed E-state index contributed by atoms with van der Waals surface area (Å²) in [6.07, 6.45) is -3.32. The minimum absolute atomic E-state index is 0.170. The number of aryl methyl sites for hydroxylation is 1. The van der Waals surface area contributed by atoms with Gasteiger partial charge in [-0.25, -0.2) is 0 Å². The topological polar surface area (TPSA) is 87.3 Å². The number of benzene rings is 2. The number of hydrogen-bond donors (Lipinski definition) is 1. The zero-order valence-corrected chi connectivity index (χ0v) is 19.1. The number of hydrazone groups is 1. The molecule has 7 nitrogen and oxygen atoms in total. The average Bonchev–Trinajstić information content (AvgIpc) is 3.22. The van der Waals surface area contributed by atoms with E-state index in [2.05, 4.69) is 10.1 Å². The second kappa shape index (κ2) is 9.51. The lowest BCUT2D eigenvalue weighted by Crippen LogP contribution is -2.35. The summed E-state index contributed by atoms with van der Waals surface area (Å²) in [6, 6.07) is 12.0. The van der Waals surface area contributed by atoms with Crippen molar-refractivity contribution in [1.82, 2.24) is 5.01 Å². The van der Waals surface area contributed by atoms with E-state index in [1.54, 1.807) is 36.4 Å². The molecular weight excluding hydrogens is 493 g/mol. The molecule has 2 heterocycles. The van der Waals surface area contributed by atoms with Crippen molar-refractivity contribution in [1.29, 1.82) is 5.41 Å². The van der Waals surface area contributed by atoms with Crippen molar-refractivity contribution < 1.29 is 27.4 Å². The van der Waals surface area contributed by atoms with Gasteiger partial charge in [-0.15, -0.1) is 0 Å². The maximum Gasteiger partial charge on any atom is 0.441 e. The van der Waals surface area contributed by atoms with E-state index in [9.17, 15) is 18.0 Å². The Morgan fingerprint density at radius 1 is 1.12 bits per heavy atom. The highest BCUT2D eigenvalue weighted by atomic mass is 35.5. The fourth-order valence-electron chi connectivity index (χ4n) is 2.96. The van der Waals surface area contributed by atoms with Crippen molar-refractivity contribution in [3.63, 3.8) is 0 Å². The van der Waals surface area contributed by atoms with Crippen molar-refractivity contribution in [3.05, 3.63) is 64.2 Å². The molecule has 1 N–H and O–H groups in total. The number of amidine groups is 2. The van der Waals surface area contributed by atoms with Crippen molar-refractivity contribution in [2.24, 2.45) is 10.1 Å². The molecule has 12 heteroatoms. The van der Waals surface area contributed by atoms with Crippen LogP contribution in [-0.4, -0.2) is 46.4 Å². The van der Waals surface area contributed by atoms with Crippen LogP contribution in [0.3, 0.4) is 0 Å². The van der Waals surface area contributed by atoms with Crippen LogP contribution in [0.2, 0.25) is 5.02 Å². The zero-order valence-electron chi connectivity index (χ0n) is 17.5. The molecule has 0 aromatic heterocycles. The Morgan fingerprint density at radius 2 is 1.76 bits per heavy atom. The van der Waals surface area contributed by atoms with Gasteiger partial charge in [-0.1, -0.05) is 23.7 Å². The quantitative estimate of drug-likeness (QED) is 0.423. The van der Waals surface area contributed by atoms with E-state index in [1.165, 1.54) is 6.08 Å². The molecule has 2 aliphatic rings. The summed E-state index contributed by atoms with van der Waals surface area (Å²) in [7, 11) is 0. The smallest absolute Gasteiger partial charge is 0.441 e. The van der Waals surface area contributed by atoms with Gasteiger partial charge in [0.25, 0.3) is 5.91 Å². The van der Waals surface area contributed by atoms with E-state index in [0.717, 1.165) is 5.56 Å². The molecule has 0 spiro atoms. The van der Waals surface area contributed by atoms with Gasteiger partial charge >= 0.3 is 6.18 Å². The largest absolute Gasteiger partial charge is 0.490 e. The van der Waals surface area contributed by atoms with Gasteiger partial charge in [-0.3, -0.25) is 10.2 Å². The molecule has 2 aromatic rings. The Labute approximate surface area is 201 Å². The van der Waals surface area contributed by atoms with Gasteiger partial charge in [0.2, 0.25) is 10.2 Å². The van der Waals surface area contributed by atoms with Gasteiger partial charge in [0, 0.05) is 5.02 Å². The highest BCUT2D eigenvalue weighted by molar-refractivity contribution is 8.27. The van der Waals surface area contributed by atoms with Crippen LogP contribution in [0, 0.1) is 12.3 Å². The molecule has 34 heavy (non-hydrogen) atoms. The highest BCUT2D eigenvalue weighted by Gasteiger charge is 2.46. The molecule has 0 bridgehead atoms. The van der Waals surface area contributed by atoms with Crippen molar-refractivity contribution in [2.75, 3.05) is 13.2 Å². The van der Waals surface area contributed by atoms with Gasteiger partial charge in [-0.2, -0.15) is 28.3 Å². The van der Waals surface area contributed by atoms with Crippen LogP contribution < -0.4 is 9.47 Å². The van der Waals surface area contributed by atoms with Gasteiger partial charge in [0.1, 0.15) is 24.7 Å². The van der Waals surface area contributed by atoms with Crippen LogP contribution >= 0.6 is 23.4 Å². The fraction of sp³-hybridized carbons (Fsp3) is 0.182. The number of aliphatic imine (C=N–C) groups is 1. The number of thioether (sulfide) groups is 1. The van der Waals surface area contributed by atoms with Crippen LogP contribution in [0.1, 0.15) is 11.1 Å². The Bertz CT molecular complexity index is 1240. The van der Waals surface area contributed by atoms with Gasteiger partial charge in [-0.05, 0) is 66.2 Å². The standard InChI is InChI=1S/C22H16ClF3N4O3S/c1-12-10-15(6-7-17(12)23)33-9-8-32-14-4-2-13(3-5-14)11-16-18(27)30-21(28-19(16)31)34-20(29-30)22(24,25)26/h2-7,10-11,27H,8-9H2,1H3/b16-11-,27-18?. The monoisotopic (exact) mass is 508 g/mol. The summed E-state index contributed by atoms with van der Waals surface area (Å²) in [5.74, 6) is -0.0475. The molecule has 2 aliphatic heterocycles. The van der Waals surface area contributed by atoms with Gasteiger partial charge in [0.15, 0.2) is 5.84 Å². The lowest BCUT2D eigenvalue weighted by molar-refractivity contribution is -0.114. The summed E-state index contributed by atoms with van der Waals surface area (Å²) in [5.41, 5.74) is 1.28. The third-order valence-electron chi connectivity index (χ3n) is 4.64. The van der Waals surface area contributed by atoms with E-state index < -0.39 is 23.0 Å². The maximum atomic E-state index is 12.9. The number of nitrogens with zero attached hydrogens (tertiary/aromatic N) is 3. The van der Waals surface area contributed by atoms with E-state index in [0.29, 0.717) is 33.7 Å². The average molecular weight is 509 g/mol. The summed E-state index contributed by atoms with van der Waals surface area (Å²) in [6.45, 7) is 2.48. The molecule has 176 valence electrons. The first-order chi connectivity index (χ1) is 16.1. The first kappa shape index (κ1) is 23.8. The number of fused-ring (bicyclic) bond motifs is 1. The SMILES string of the molecule is Cc1cc(OCCOc2ccc(/C=C3/C(=N)N4N=C(C(F)(F)F)SC4=NC3=O)cc2)ccc1Cl. The number of hydrogen-bond acceptors (Lipinski definition) is 6. The molecule has 0 saturated carbocycles. The number of nitrogens with one attached hydrogen (secondary N) is 1. The molecule has 0 aliphatic carbocycles. The summed E-state index contributed by atoms with van der Waals surface area (Å²) in [4.78, 5) is 15.9. The van der Waals surface area contributed by atoms with Crippen LogP contribution in [0.5, 0.6) is 11.5 Å². The Hall–Kier alpha value is -3.31. The molecule has 0 saturated heterocycles. The molecule has 1 amide bonds. The minimum atomic E-state index is -4.69. The Kier molecular flexibility index (Phi) is 6.67. The van der Waals surface area contributed by atoms with Crippen molar-refractivity contribution in [3.8, 4) is 11.5 Å². The van der Waals surface area contributed by atoms with E-state index >= 15 is 0 Å². The minimum Gasteiger partial charge on any atom is -0.490 e. The molecule has 4 rings (SSSR count). The van der Waals surface area contributed by atoms with E-state index in [4.69, 9.17) is 26.5 Å². The first-order valence-corrected chi connectivity index (χ1v) is 11.0. The van der Waals surface area contributed by atoms with Crippen molar-refractivity contribution >= 4 is 51.4 Å². The fourth-order valence-corrected chi connectivity index (χ4v) is 3.84. The molecule has 0 fully saturated rings. The lowest BCUT2D eigenvalue weighted by atomic mass is 10.1. The van der Waals surface area contributed by atoms with Crippen LogP contribution in [0.25, 0.3) is 6.08 Å². The summed E-state index contributed by atoms with van der Waals surface area (Å²) < 4.78 is 50.0. The number of amides is 1. The van der Waals surface area contributed by atoms with Crippen LogP contribution in [0.15, 0.2) is 58.1 Å². The predicted octanol–water partition coefficient (Wildman–Crippen LogP) is 5.29. The predicted molar refractivity (Wildman–Crippen MR) is 125 cm³/mol. The van der Waals surface area contributed by atoms with Crippen LogP contribution in [-0.2, 0) is 4.79 Å². The number of rotatable bonds is 6. The summed E-state index contributed by atoms with van der Waals surface area (Å²) in [5, 5.41) is 11.4. The van der Waals surface area contributed by atoms with Crippen molar-refractivity contribution in [2.45, 2.75) is 13.1 Å². The third-order valence-corrected chi connectivity index (χ3v) is 6.02. The molecule has 0 unspecified atom stereocenters. The second-order valence-electron chi connectivity index (χ2n) is 7.10. The number of carbonyl (C=O) groups excluding carboxylic acids is 1. The van der Waals surface area contributed by atoms with Crippen LogP contribution in [0.4, 0.5) is 13.2 Å². The zero-order chi connectivity index (χ0) is 24.5. The lowest BCUT2D eigenvalue weighted by Gasteiger charge is -2.20. The number of halogens is 4. The van der Waals surface area contributed by atoms with Gasteiger partial charge in [0.05, 0.1) is 5.57 Å². The Balaban J connectivity index is 1.37. The van der Waals surface area contributed by atoms with E-state index in [1.807, 2.05) is 13.0 Å². The number of alkyl halides is 3. The third kappa shape index (κ3) is 5.26. The first-order valence-electron chi connectivity index (χ1n) is 9.81. The second-order valence-corrected chi connectivity index (χ2v) is 8.46. The normalized spacial score (nSPS) is 17.0. The number of ether oxygens (including phenoxy) is 2. The van der Waals surface area contributed by atoms with E-state index in [-0.39, 0.29) is 29.1 Å². The highest BCUT2D eigenvalue weighted by Crippen LogP contribution is 2.35. The Morgan fingerprint density at radius 3 is 2.41 bits per heavy atom. The molecular formula is C22H16ClF3N4O3S. The maximum absolute atomic E-state index is 12.9. The van der Waals surface area contributed by atoms with Gasteiger partial charge < -0.3 is 9.47 Å². The molecule has 0 radical (unpaired) electrons. The molecule has 0 atom stereocenters. The number of carbonyl (C=O) groups is 1. The summed E-state index contributed by atoms with van der Waals surface area (Å²) >= 11 is 6.20. The molecule has 2 aromatic carbocycles.